The van der Waals surface area contributed by atoms with Crippen LogP contribution in [0, 0.1) is 11.2 Å². The maximum atomic E-state index is 13.7. The summed E-state index contributed by atoms with van der Waals surface area (Å²) in [5.41, 5.74) is 1.03. The van der Waals surface area contributed by atoms with Gasteiger partial charge in [-0.3, -0.25) is 4.90 Å². The zero-order chi connectivity index (χ0) is 13.2. The summed E-state index contributed by atoms with van der Waals surface area (Å²) in [7, 11) is 1.98. The highest BCUT2D eigenvalue weighted by Crippen LogP contribution is 2.30. The molecule has 1 N–H and O–H groups in total. The van der Waals surface area contributed by atoms with Gasteiger partial charge in [-0.25, -0.2) is 4.39 Å². The van der Waals surface area contributed by atoms with Crippen molar-refractivity contribution in [3.05, 3.63) is 34.6 Å². The van der Waals surface area contributed by atoms with Gasteiger partial charge >= 0.3 is 0 Å². The molecule has 0 aliphatic carbocycles. The SMILES string of the molecule is CNCC1(C)CCN(Cc2ccc(Cl)cc2F)C1. The Balaban J connectivity index is 1.99. The second-order valence-electron chi connectivity index (χ2n) is 5.54. The van der Waals surface area contributed by atoms with Crippen LogP contribution in [-0.4, -0.2) is 31.6 Å². The molecular weight excluding hydrogens is 251 g/mol. The van der Waals surface area contributed by atoms with E-state index >= 15 is 0 Å². The molecule has 18 heavy (non-hydrogen) atoms. The van der Waals surface area contributed by atoms with Crippen LogP contribution in [0.4, 0.5) is 4.39 Å². The first-order valence-corrected chi connectivity index (χ1v) is 6.71. The van der Waals surface area contributed by atoms with Gasteiger partial charge < -0.3 is 5.32 Å². The predicted octanol–water partition coefficient (Wildman–Crippen LogP) is 2.91. The van der Waals surface area contributed by atoms with E-state index in [2.05, 4.69) is 17.1 Å². The summed E-state index contributed by atoms with van der Waals surface area (Å²) in [5, 5.41) is 3.69. The number of nitrogens with zero attached hydrogens (tertiary/aromatic N) is 1. The Morgan fingerprint density at radius 2 is 2.28 bits per heavy atom. The van der Waals surface area contributed by atoms with E-state index in [0.717, 1.165) is 31.6 Å². The lowest BCUT2D eigenvalue weighted by atomic mass is 9.90. The van der Waals surface area contributed by atoms with Gasteiger partial charge in [0, 0.05) is 30.2 Å². The number of hydrogen-bond donors (Lipinski definition) is 1. The Morgan fingerprint density at radius 3 is 2.94 bits per heavy atom. The third-order valence-corrected chi connectivity index (χ3v) is 3.88. The minimum atomic E-state index is -0.204. The standard InChI is InChI=1S/C14H20ClFN2/c1-14(9-17-2)5-6-18(10-14)8-11-3-4-12(15)7-13(11)16/h3-4,7,17H,5-6,8-10H2,1-2H3. The number of benzene rings is 1. The van der Waals surface area contributed by atoms with Crippen LogP contribution in [0.3, 0.4) is 0 Å². The Labute approximate surface area is 113 Å². The van der Waals surface area contributed by atoms with Crippen LogP contribution < -0.4 is 5.32 Å². The molecule has 1 unspecified atom stereocenters. The maximum absolute atomic E-state index is 13.7. The van der Waals surface area contributed by atoms with Gasteiger partial charge in [-0.15, -0.1) is 0 Å². The first kappa shape index (κ1) is 13.8. The molecule has 1 saturated heterocycles. The van der Waals surface area contributed by atoms with Gasteiger partial charge in [-0.1, -0.05) is 24.6 Å². The fourth-order valence-corrected chi connectivity index (χ4v) is 2.88. The molecule has 1 fully saturated rings. The molecule has 0 aromatic heterocycles. The molecule has 0 spiro atoms. The van der Waals surface area contributed by atoms with E-state index in [0.29, 0.717) is 17.0 Å². The third-order valence-electron chi connectivity index (χ3n) is 3.65. The summed E-state index contributed by atoms with van der Waals surface area (Å²) in [6.45, 7) is 5.99. The normalized spacial score (nSPS) is 24.7. The molecule has 0 saturated carbocycles. The van der Waals surface area contributed by atoms with Crippen molar-refractivity contribution in [2.75, 3.05) is 26.7 Å². The van der Waals surface area contributed by atoms with E-state index in [4.69, 9.17) is 11.6 Å². The van der Waals surface area contributed by atoms with Gasteiger partial charge in [0.15, 0.2) is 0 Å². The minimum absolute atomic E-state index is 0.204. The molecule has 4 heteroatoms. The lowest BCUT2D eigenvalue weighted by molar-refractivity contribution is 0.263. The molecule has 2 nitrogen and oxygen atoms in total. The Morgan fingerprint density at radius 1 is 1.50 bits per heavy atom. The van der Waals surface area contributed by atoms with Crippen molar-refractivity contribution in [1.82, 2.24) is 10.2 Å². The number of halogens is 2. The molecule has 1 atom stereocenters. The Kier molecular flexibility index (Phi) is 4.25. The van der Waals surface area contributed by atoms with Crippen molar-refractivity contribution >= 4 is 11.6 Å². The maximum Gasteiger partial charge on any atom is 0.129 e. The lowest BCUT2D eigenvalue weighted by Gasteiger charge is -2.24. The van der Waals surface area contributed by atoms with E-state index in [1.54, 1.807) is 12.1 Å². The van der Waals surface area contributed by atoms with E-state index in [1.165, 1.54) is 6.07 Å². The molecule has 2 rings (SSSR count). The Hall–Kier alpha value is -0.640. The van der Waals surface area contributed by atoms with E-state index < -0.39 is 0 Å². The second-order valence-corrected chi connectivity index (χ2v) is 5.97. The van der Waals surface area contributed by atoms with Crippen molar-refractivity contribution < 1.29 is 4.39 Å². The zero-order valence-corrected chi connectivity index (χ0v) is 11.7. The molecular formula is C14H20ClFN2. The lowest BCUT2D eigenvalue weighted by Crippen LogP contribution is -2.33. The minimum Gasteiger partial charge on any atom is -0.319 e. The van der Waals surface area contributed by atoms with Gasteiger partial charge in [0.1, 0.15) is 5.82 Å². The van der Waals surface area contributed by atoms with Crippen LogP contribution in [0.15, 0.2) is 18.2 Å². The van der Waals surface area contributed by atoms with Crippen molar-refractivity contribution in [3.63, 3.8) is 0 Å². The van der Waals surface area contributed by atoms with Crippen LogP contribution in [-0.2, 0) is 6.54 Å². The van der Waals surface area contributed by atoms with E-state index in [1.807, 2.05) is 7.05 Å². The average Bonchev–Trinajstić information content (AvgIpc) is 2.65. The highest BCUT2D eigenvalue weighted by molar-refractivity contribution is 6.30. The predicted molar refractivity (Wildman–Crippen MR) is 73.3 cm³/mol. The van der Waals surface area contributed by atoms with Crippen LogP contribution in [0.2, 0.25) is 5.02 Å². The van der Waals surface area contributed by atoms with Crippen molar-refractivity contribution in [2.45, 2.75) is 19.9 Å². The van der Waals surface area contributed by atoms with Crippen molar-refractivity contribution in [1.29, 1.82) is 0 Å². The summed E-state index contributed by atoms with van der Waals surface area (Å²) < 4.78 is 13.7. The zero-order valence-electron chi connectivity index (χ0n) is 11.0. The smallest absolute Gasteiger partial charge is 0.129 e. The molecule has 100 valence electrons. The summed E-state index contributed by atoms with van der Waals surface area (Å²) in [5.74, 6) is -0.204. The monoisotopic (exact) mass is 270 g/mol. The molecule has 0 amide bonds. The molecule has 0 radical (unpaired) electrons. The molecule has 1 aliphatic heterocycles. The molecule has 1 aromatic rings. The number of likely N-dealkylation sites (tertiary alicyclic amines) is 1. The van der Waals surface area contributed by atoms with Crippen molar-refractivity contribution in [2.24, 2.45) is 5.41 Å². The summed E-state index contributed by atoms with van der Waals surface area (Å²) in [6.07, 6.45) is 1.16. The van der Waals surface area contributed by atoms with Crippen LogP contribution in [0.5, 0.6) is 0 Å². The van der Waals surface area contributed by atoms with Gasteiger partial charge in [-0.2, -0.15) is 0 Å². The van der Waals surface area contributed by atoms with Crippen LogP contribution in [0.25, 0.3) is 0 Å². The first-order valence-electron chi connectivity index (χ1n) is 6.33. The summed E-state index contributed by atoms with van der Waals surface area (Å²) >= 11 is 5.76. The third kappa shape index (κ3) is 3.22. The highest BCUT2D eigenvalue weighted by Gasteiger charge is 2.33. The largest absolute Gasteiger partial charge is 0.319 e. The summed E-state index contributed by atoms with van der Waals surface area (Å²) in [4.78, 5) is 2.31. The number of nitrogens with one attached hydrogen (secondary N) is 1. The van der Waals surface area contributed by atoms with Gasteiger partial charge in [0.25, 0.3) is 0 Å². The van der Waals surface area contributed by atoms with Gasteiger partial charge in [0.2, 0.25) is 0 Å². The van der Waals surface area contributed by atoms with Gasteiger partial charge in [0.05, 0.1) is 0 Å². The highest BCUT2D eigenvalue weighted by atomic mass is 35.5. The fourth-order valence-electron chi connectivity index (χ4n) is 2.72. The van der Waals surface area contributed by atoms with Crippen molar-refractivity contribution in [3.8, 4) is 0 Å². The van der Waals surface area contributed by atoms with E-state index in [-0.39, 0.29) is 5.82 Å². The Bertz CT molecular complexity index is 424. The van der Waals surface area contributed by atoms with Crippen LogP contribution >= 0.6 is 11.6 Å². The number of hydrogen-bond acceptors (Lipinski definition) is 2. The number of rotatable bonds is 4. The molecule has 1 aromatic carbocycles. The second kappa shape index (κ2) is 5.55. The van der Waals surface area contributed by atoms with Crippen LogP contribution in [0.1, 0.15) is 18.9 Å². The first-order chi connectivity index (χ1) is 8.52. The average molecular weight is 271 g/mol. The fraction of sp³-hybridized carbons (Fsp3) is 0.571. The molecule has 1 heterocycles. The molecule has 1 aliphatic rings. The molecule has 0 bridgehead atoms. The van der Waals surface area contributed by atoms with E-state index in [9.17, 15) is 4.39 Å². The topological polar surface area (TPSA) is 15.3 Å². The summed E-state index contributed by atoms with van der Waals surface area (Å²) in [6, 6.07) is 4.92. The quantitative estimate of drug-likeness (QED) is 0.905. The van der Waals surface area contributed by atoms with Gasteiger partial charge in [-0.05, 0) is 37.6 Å².